The summed E-state index contributed by atoms with van der Waals surface area (Å²) >= 11 is 0. The molecule has 2 aliphatic carbocycles. The average Bonchev–Trinajstić information content (AvgIpc) is 1.61. The van der Waals surface area contributed by atoms with E-state index in [4.69, 9.17) is 9.47 Å². The summed E-state index contributed by atoms with van der Waals surface area (Å²) in [6.45, 7) is 10.4. The Kier molecular flexibility index (Phi) is 26.6. The van der Waals surface area contributed by atoms with Crippen LogP contribution in [0.25, 0.3) is 67.6 Å². The van der Waals surface area contributed by atoms with Crippen molar-refractivity contribution < 1.29 is 23.9 Å². The number of nitrogens with one attached hydrogen (secondary N) is 9. The molecule has 5 aromatic carbocycles. The molecule has 28 nitrogen and oxygen atoms in total. The number of morpholine rings is 1. The topological polar surface area (TPSA) is 337 Å². The number of H-pyrrole nitrogens is 4. The van der Waals surface area contributed by atoms with Crippen LogP contribution in [0.5, 0.6) is 0 Å². The van der Waals surface area contributed by atoms with Crippen LogP contribution >= 0.6 is 0 Å². The average molecular weight is 1780 g/mol. The monoisotopic (exact) mass is 1770 g/mol. The lowest BCUT2D eigenvalue weighted by molar-refractivity contribution is -0.132. The van der Waals surface area contributed by atoms with Crippen LogP contribution in [0.1, 0.15) is 115 Å². The zero-order chi connectivity index (χ0) is 91.3. The number of hydrogen-bond acceptors (Lipinski definition) is 18. The van der Waals surface area contributed by atoms with Crippen molar-refractivity contribution in [2.24, 2.45) is 5.92 Å². The molecule has 2 saturated carbocycles. The van der Waals surface area contributed by atoms with Gasteiger partial charge in [0.1, 0.15) is 6.61 Å². The number of pyridine rings is 8. The van der Waals surface area contributed by atoms with E-state index in [9.17, 15) is 33.6 Å². The number of likely N-dealkylation sites (tertiary alicyclic amines) is 1. The van der Waals surface area contributed by atoms with Crippen molar-refractivity contribution in [3.63, 3.8) is 0 Å². The first-order valence-corrected chi connectivity index (χ1v) is 45.1. The number of benzene rings is 5. The number of fused-ring (bicyclic) bond motifs is 4. The summed E-state index contributed by atoms with van der Waals surface area (Å²) in [4.78, 5) is 117. The number of methoxy groups -OCH3 is 1. The second-order valence-corrected chi connectivity index (χ2v) is 34.0. The molecule has 0 radical (unpaired) electrons. The van der Waals surface area contributed by atoms with Crippen molar-refractivity contribution in [1.82, 2.24) is 72.6 Å². The second-order valence-electron chi connectivity index (χ2n) is 34.0. The Morgan fingerprint density at radius 3 is 1.17 bits per heavy atom. The molecule has 0 atom stereocenters. The minimum Gasteiger partial charge on any atom is -0.379 e. The van der Waals surface area contributed by atoms with Gasteiger partial charge in [-0.3, -0.25) is 56.1 Å². The summed E-state index contributed by atoms with van der Waals surface area (Å²) in [5, 5.41) is 17.1. The fourth-order valence-corrected chi connectivity index (χ4v) is 18.0. The standard InChI is InChI=1S/C29H25N5O2.C27H28N4O3.C26H27N5O2.C23H23N5O2/c1-19-2-6-22(7-3-19)29(13-14-29)33-28(36)20-4-8-23(9-5-20)32-24-10-11-25(34-17-16-31-27(24)34)21-12-15-30-26(35)18-21;1-34-17-25(32)20-4-2-18(3-5-20)19-6-8-22(9-7-19)30-23-10-11-24(31-15-14-29-27(23)31)21-12-13-28-26(33)16-21;1-2-25(33)30-14-10-19(11-15-30)18-3-5-21(6-4-18)29-22-7-8-23(31-16-13-28-26(22)31)20-9-12-27-24(32)17-20;29-22-15-18(7-8-24-22)21-6-5-20(23-25-9-10-28(21)23)26-19-3-1-17(2-4-19)16-27-11-13-30-14-12-27/h2-12,15-18,32H,13-14H2,1H3,(H,30,35)(H,33,36);6-16,18,20,30H,2-5,17H2,1H3,(H,28,33);3-9,12-13,16-17,19,29H,2,10-11,14-15H2,1H3,(H,27,32);1-10,15,26H,11-14,16H2,(H,24,29). The maximum absolute atomic E-state index is 13.0. The lowest BCUT2D eigenvalue weighted by Crippen LogP contribution is -2.37. The summed E-state index contributed by atoms with van der Waals surface area (Å²) in [7, 11) is 1.58. The van der Waals surface area contributed by atoms with Crippen molar-refractivity contribution in [3.05, 3.63) is 368 Å². The first-order valence-electron chi connectivity index (χ1n) is 45.1. The zero-order valence-corrected chi connectivity index (χ0v) is 74.1. The number of aryl methyl sites for hydroxylation is 1. The lowest BCUT2D eigenvalue weighted by Gasteiger charge is -2.32. The molecule has 12 aromatic heterocycles. The number of piperidine rings is 1. The smallest absolute Gasteiger partial charge is 0.251 e. The molecule has 2 saturated heterocycles. The third-order valence-corrected chi connectivity index (χ3v) is 25.3. The van der Waals surface area contributed by atoms with Crippen LogP contribution in [0.3, 0.4) is 0 Å². The van der Waals surface area contributed by atoms with Gasteiger partial charge in [0.25, 0.3) is 5.91 Å². The molecule has 2 amide bonds. The van der Waals surface area contributed by atoms with E-state index in [1.54, 1.807) is 81.0 Å². The molecule has 21 rings (SSSR count). The number of ketones is 1. The molecule has 4 aliphatic rings. The predicted molar refractivity (Wildman–Crippen MR) is 520 cm³/mol. The van der Waals surface area contributed by atoms with Gasteiger partial charge >= 0.3 is 0 Å². The Morgan fingerprint density at radius 1 is 0.436 bits per heavy atom. The van der Waals surface area contributed by atoms with E-state index in [2.05, 4.69) is 175 Å². The van der Waals surface area contributed by atoms with Crippen LogP contribution < -0.4 is 48.8 Å². The molecule has 28 heteroatoms. The highest BCUT2D eigenvalue weighted by molar-refractivity contribution is 5.96. The zero-order valence-electron chi connectivity index (χ0n) is 74.1. The van der Waals surface area contributed by atoms with Gasteiger partial charge in [-0.25, -0.2) is 19.9 Å². The number of Topliss-reactive ketones (excluding diaryl/α,β-unsaturated/α-hetero) is 1. The summed E-state index contributed by atoms with van der Waals surface area (Å²) in [5.41, 5.74) is 23.5. The number of anilines is 8. The van der Waals surface area contributed by atoms with Gasteiger partial charge in [-0.1, -0.05) is 73.2 Å². The number of hydrogen-bond donors (Lipinski definition) is 9. The fraction of sp³-hybridized carbons (Fsp3) is 0.229. The Hall–Kier alpha value is -15.7. The van der Waals surface area contributed by atoms with Crippen molar-refractivity contribution in [1.29, 1.82) is 0 Å². The number of imidazole rings is 4. The van der Waals surface area contributed by atoms with E-state index >= 15 is 0 Å². The van der Waals surface area contributed by atoms with Gasteiger partial charge in [0.15, 0.2) is 28.4 Å². The minimum atomic E-state index is -0.251. The van der Waals surface area contributed by atoms with E-state index in [0.29, 0.717) is 23.8 Å². The Balaban J connectivity index is 0.000000119. The summed E-state index contributed by atoms with van der Waals surface area (Å²) in [5.74, 6) is 1.54. The maximum atomic E-state index is 13.0. The quantitative estimate of drug-likeness (QED) is 0.0287. The molecule has 17 aromatic rings. The second kappa shape index (κ2) is 40.2. The molecule has 672 valence electrons. The molecule has 0 unspecified atom stereocenters. The number of rotatable bonds is 23. The summed E-state index contributed by atoms with van der Waals surface area (Å²) < 4.78 is 18.3. The molecule has 133 heavy (non-hydrogen) atoms. The van der Waals surface area contributed by atoms with Gasteiger partial charge in [0.05, 0.1) is 64.3 Å². The van der Waals surface area contributed by atoms with Crippen molar-refractivity contribution >= 4 is 85.7 Å². The Bertz CT molecular complexity index is 7230. The number of nitrogens with zero attached hydrogens (tertiary/aromatic N) is 10. The van der Waals surface area contributed by atoms with E-state index in [0.717, 1.165) is 216 Å². The highest BCUT2D eigenvalue weighted by Gasteiger charge is 2.46. The maximum Gasteiger partial charge on any atom is 0.251 e. The number of aromatic amines is 4. The van der Waals surface area contributed by atoms with Crippen LogP contribution in [0.2, 0.25) is 0 Å². The Morgan fingerprint density at radius 2 is 0.805 bits per heavy atom. The normalized spacial score (nSPS) is 15.3. The third kappa shape index (κ3) is 20.7. The number of ether oxygens (including phenoxy) is 2. The van der Waals surface area contributed by atoms with Crippen molar-refractivity contribution in [2.75, 3.05) is 74.4 Å². The van der Waals surface area contributed by atoms with Crippen molar-refractivity contribution in [3.8, 4) is 45.0 Å². The first kappa shape index (κ1) is 88.0. The molecule has 9 N–H and O–H groups in total. The van der Waals surface area contributed by atoms with Crippen LogP contribution in [0.15, 0.2) is 312 Å². The van der Waals surface area contributed by atoms with E-state index in [-0.39, 0.29) is 57.9 Å². The molecule has 4 fully saturated rings. The number of carbonyl (C=O) groups excluding carboxylic acids is 3. The molecule has 0 spiro atoms. The summed E-state index contributed by atoms with van der Waals surface area (Å²) in [6, 6.07) is 71.1. The number of amides is 2. The molecule has 0 bridgehead atoms. The van der Waals surface area contributed by atoms with Crippen LogP contribution in [0.4, 0.5) is 45.5 Å². The van der Waals surface area contributed by atoms with E-state index in [1.165, 1.54) is 22.3 Å². The fourth-order valence-electron chi connectivity index (χ4n) is 18.0. The van der Waals surface area contributed by atoms with E-state index in [1.807, 2.05) is 151 Å². The molecular formula is C105H103N19O9. The van der Waals surface area contributed by atoms with Gasteiger partial charge < -0.3 is 60.9 Å². The van der Waals surface area contributed by atoms with Gasteiger partial charge in [-0.15, -0.1) is 0 Å². The van der Waals surface area contributed by atoms with Crippen LogP contribution in [-0.4, -0.2) is 138 Å². The third-order valence-electron chi connectivity index (χ3n) is 25.3. The van der Waals surface area contributed by atoms with Gasteiger partial charge in [0, 0.05) is 201 Å². The molecular weight excluding hydrogens is 1670 g/mol. The number of aromatic nitrogens is 12. The highest BCUT2D eigenvalue weighted by Crippen LogP contribution is 2.46. The SMILES string of the molecule is CCC(=O)N1CCC(c2ccc(Nc3ccc(-c4cc[nH]c(=O)c4)n4ccnc34)cc2)CC1.COCC(=O)C1CCC(c2ccc(Nc3ccc(-c4cc[nH]c(=O)c4)n4ccnc34)cc2)CC1.Cc1ccc(C2(NC(=O)c3ccc(Nc4ccc(-c5cc[nH]c(=O)c5)n5ccnc45)cc3)CC2)cc1.O=c1cc(-c2ccc(Nc3ccc(CN4CCOCC4)cc3)c3nccn23)cc[nH]1. The molecule has 14 heterocycles. The lowest BCUT2D eigenvalue weighted by atomic mass is 9.77. The van der Waals surface area contributed by atoms with Gasteiger partial charge in [-0.05, 0) is 226 Å². The van der Waals surface area contributed by atoms with Crippen LogP contribution in [-0.2, 0) is 31.1 Å². The highest BCUT2D eigenvalue weighted by atomic mass is 16.5. The van der Waals surface area contributed by atoms with E-state index < -0.39 is 0 Å². The number of carbonyl (C=O) groups is 3. The minimum absolute atomic E-state index is 0.0718. The van der Waals surface area contributed by atoms with Crippen molar-refractivity contribution in [2.45, 2.75) is 95.6 Å². The van der Waals surface area contributed by atoms with Crippen LogP contribution in [0, 0.1) is 12.8 Å². The first-order chi connectivity index (χ1) is 65.0. The Labute approximate surface area is 766 Å². The van der Waals surface area contributed by atoms with Gasteiger partial charge in [-0.2, -0.15) is 0 Å². The largest absolute Gasteiger partial charge is 0.379 e. The predicted octanol–water partition coefficient (Wildman–Crippen LogP) is 17.9. The molecule has 2 aliphatic heterocycles. The van der Waals surface area contributed by atoms with Gasteiger partial charge in [0.2, 0.25) is 28.1 Å². The summed E-state index contributed by atoms with van der Waals surface area (Å²) in [6.07, 6.45) is 29.6.